The number of nitrogens with two attached hydrogens (primary N) is 1. The molecule has 1 atom stereocenters. The molecule has 0 radical (unpaired) electrons. The smallest absolute Gasteiger partial charge is 0.403 e. The van der Waals surface area contributed by atoms with E-state index in [9.17, 15) is 17.6 Å². The van der Waals surface area contributed by atoms with Crippen LogP contribution >= 0.6 is 12.4 Å². The Morgan fingerprint density at radius 2 is 1.57 bits per heavy atom. The molecule has 2 aromatic rings. The lowest BCUT2D eigenvalue weighted by Gasteiger charge is -2.14. The number of hydrogen-bond donors (Lipinski definition) is 1. The minimum atomic E-state index is -4.93. The van der Waals surface area contributed by atoms with Crippen LogP contribution in [-0.4, -0.2) is 6.36 Å². The zero-order chi connectivity index (χ0) is 14.8. The third-order valence-electron chi connectivity index (χ3n) is 2.70. The van der Waals surface area contributed by atoms with E-state index < -0.39 is 24.0 Å². The molecule has 114 valence electrons. The Hall–Kier alpha value is -1.79. The Bertz CT molecular complexity index is 589. The van der Waals surface area contributed by atoms with E-state index in [0.717, 1.165) is 17.7 Å². The van der Waals surface area contributed by atoms with Crippen molar-refractivity contribution in [3.63, 3.8) is 0 Å². The second kappa shape index (κ2) is 6.78. The maximum atomic E-state index is 13.6. The van der Waals surface area contributed by atoms with E-state index in [2.05, 4.69) is 4.74 Å². The van der Waals surface area contributed by atoms with Crippen LogP contribution in [-0.2, 0) is 0 Å². The molecule has 2 aromatic carbocycles. The van der Waals surface area contributed by atoms with Crippen LogP contribution in [0.3, 0.4) is 0 Å². The fraction of sp³-hybridized carbons (Fsp3) is 0.143. The second-order valence-electron chi connectivity index (χ2n) is 4.13. The average Bonchev–Trinajstić information content (AvgIpc) is 2.40. The first-order valence-corrected chi connectivity index (χ1v) is 5.72. The summed E-state index contributed by atoms with van der Waals surface area (Å²) in [5.74, 6) is -1.98. The summed E-state index contributed by atoms with van der Waals surface area (Å²) in [5.41, 5.74) is 7.03. The molecule has 0 aromatic heterocycles. The maximum absolute atomic E-state index is 13.6. The lowest BCUT2D eigenvalue weighted by Crippen LogP contribution is -2.18. The molecule has 0 aliphatic rings. The molecule has 2 N–H and O–H groups in total. The fourth-order valence-corrected chi connectivity index (χ4v) is 1.77. The zero-order valence-corrected chi connectivity index (χ0v) is 11.4. The van der Waals surface area contributed by atoms with Gasteiger partial charge in [-0.1, -0.05) is 36.4 Å². The van der Waals surface area contributed by atoms with E-state index in [1.165, 1.54) is 6.07 Å². The van der Waals surface area contributed by atoms with Crippen LogP contribution in [0.25, 0.3) is 0 Å². The highest BCUT2D eigenvalue weighted by molar-refractivity contribution is 5.85. The molecule has 0 fully saturated rings. The van der Waals surface area contributed by atoms with Crippen molar-refractivity contribution >= 4 is 12.4 Å². The Balaban J connectivity index is 0.00000220. The molecule has 7 heteroatoms. The Kier molecular flexibility index (Phi) is 5.57. The Morgan fingerprint density at radius 1 is 0.952 bits per heavy atom. The highest BCUT2D eigenvalue weighted by atomic mass is 35.5. The number of alkyl halides is 3. The number of hydrogen-bond acceptors (Lipinski definition) is 2. The minimum Gasteiger partial charge on any atom is -0.403 e. The molecule has 0 aliphatic carbocycles. The van der Waals surface area contributed by atoms with Crippen molar-refractivity contribution in [2.45, 2.75) is 12.4 Å². The average molecular weight is 322 g/mol. The SMILES string of the molecule is Cl.NC(c1ccccc1)c1ccc(OC(F)(F)F)c(F)c1. The highest BCUT2D eigenvalue weighted by Gasteiger charge is 2.32. The first kappa shape index (κ1) is 17.3. The molecule has 0 bridgehead atoms. The van der Waals surface area contributed by atoms with Gasteiger partial charge in [-0.25, -0.2) is 4.39 Å². The predicted octanol–water partition coefficient (Wildman–Crippen LogP) is 4.19. The van der Waals surface area contributed by atoms with Gasteiger partial charge < -0.3 is 10.5 Å². The third-order valence-corrected chi connectivity index (χ3v) is 2.70. The summed E-state index contributed by atoms with van der Waals surface area (Å²) in [6, 6.07) is 11.4. The summed E-state index contributed by atoms with van der Waals surface area (Å²) in [5, 5.41) is 0. The van der Waals surface area contributed by atoms with Gasteiger partial charge in [-0.3, -0.25) is 0 Å². The molecule has 0 spiro atoms. The van der Waals surface area contributed by atoms with Crippen LogP contribution in [0.4, 0.5) is 17.6 Å². The van der Waals surface area contributed by atoms with Gasteiger partial charge in [0, 0.05) is 0 Å². The number of benzene rings is 2. The number of ether oxygens (including phenoxy) is 1. The van der Waals surface area contributed by atoms with Gasteiger partial charge in [0.15, 0.2) is 11.6 Å². The van der Waals surface area contributed by atoms with Crippen LogP contribution in [0, 0.1) is 5.82 Å². The minimum absolute atomic E-state index is 0. The molecule has 0 saturated heterocycles. The van der Waals surface area contributed by atoms with Crippen molar-refractivity contribution in [3.05, 3.63) is 65.5 Å². The number of halogens is 5. The normalized spacial score (nSPS) is 12.4. The molecule has 21 heavy (non-hydrogen) atoms. The second-order valence-corrected chi connectivity index (χ2v) is 4.13. The summed E-state index contributed by atoms with van der Waals surface area (Å²) in [4.78, 5) is 0. The summed E-state index contributed by atoms with van der Waals surface area (Å²) in [6.07, 6.45) is -4.93. The van der Waals surface area contributed by atoms with Crippen LogP contribution in [0.2, 0.25) is 0 Å². The summed E-state index contributed by atoms with van der Waals surface area (Å²) < 4.78 is 53.2. The van der Waals surface area contributed by atoms with Crippen molar-refractivity contribution in [1.82, 2.24) is 0 Å². The van der Waals surface area contributed by atoms with Crippen LogP contribution in [0.1, 0.15) is 17.2 Å². The van der Waals surface area contributed by atoms with Gasteiger partial charge in [-0.05, 0) is 23.3 Å². The Morgan fingerprint density at radius 3 is 2.10 bits per heavy atom. The zero-order valence-electron chi connectivity index (χ0n) is 10.6. The van der Waals surface area contributed by atoms with E-state index in [0.29, 0.717) is 5.56 Å². The highest BCUT2D eigenvalue weighted by Crippen LogP contribution is 2.28. The molecule has 0 aliphatic heterocycles. The van der Waals surface area contributed by atoms with Crippen molar-refractivity contribution in [2.24, 2.45) is 5.73 Å². The molecule has 0 saturated carbocycles. The monoisotopic (exact) mass is 321 g/mol. The molecular weight excluding hydrogens is 310 g/mol. The summed E-state index contributed by atoms with van der Waals surface area (Å²) in [6.45, 7) is 0. The standard InChI is InChI=1S/C14H11F4NO.ClH/c15-11-8-10(6-7-12(11)20-14(16,17)18)13(19)9-4-2-1-3-5-9;/h1-8,13H,19H2;1H. The van der Waals surface area contributed by atoms with Gasteiger partial charge in [-0.15, -0.1) is 25.6 Å². The summed E-state index contributed by atoms with van der Waals surface area (Å²) in [7, 11) is 0. The molecule has 0 heterocycles. The lowest BCUT2D eigenvalue weighted by atomic mass is 9.99. The van der Waals surface area contributed by atoms with Gasteiger partial charge >= 0.3 is 6.36 Å². The maximum Gasteiger partial charge on any atom is 0.573 e. The van der Waals surface area contributed by atoms with Gasteiger partial charge in [0.1, 0.15) is 0 Å². The Labute approximate surface area is 124 Å². The summed E-state index contributed by atoms with van der Waals surface area (Å²) >= 11 is 0. The van der Waals surface area contributed by atoms with Gasteiger partial charge in [0.2, 0.25) is 0 Å². The molecule has 2 nitrogen and oxygen atoms in total. The quantitative estimate of drug-likeness (QED) is 0.860. The number of rotatable bonds is 3. The van der Waals surface area contributed by atoms with Crippen LogP contribution in [0.5, 0.6) is 5.75 Å². The largest absolute Gasteiger partial charge is 0.573 e. The topological polar surface area (TPSA) is 35.2 Å². The van der Waals surface area contributed by atoms with Crippen molar-refractivity contribution < 1.29 is 22.3 Å². The molecular formula is C14H12ClF4NO. The molecule has 1 unspecified atom stereocenters. The van der Waals surface area contributed by atoms with Crippen LogP contribution < -0.4 is 10.5 Å². The van der Waals surface area contributed by atoms with E-state index in [-0.39, 0.29) is 12.4 Å². The lowest BCUT2D eigenvalue weighted by molar-refractivity contribution is -0.275. The van der Waals surface area contributed by atoms with E-state index in [1.54, 1.807) is 30.3 Å². The van der Waals surface area contributed by atoms with E-state index in [1.807, 2.05) is 0 Å². The molecule has 2 rings (SSSR count). The first-order chi connectivity index (χ1) is 9.37. The van der Waals surface area contributed by atoms with Gasteiger partial charge in [0.25, 0.3) is 0 Å². The van der Waals surface area contributed by atoms with Crippen LogP contribution in [0.15, 0.2) is 48.5 Å². The van der Waals surface area contributed by atoms with Crippen molar-refractivity contribution in [2.75, 3.05) is 0 Å². The predicted molar refractivity (Wildman–Crippen MR) is 72.8 cm³/mol. The van der Waals surface area contributed by atoms with Gasteiger partial charge in [-0.2, -0.15) is 0 Å². The first-order valence-electron chi connectivity index (χ1n) is 5.72. The molecule has 0 amide bonds. The van der Waals surface area contributed by atoms with E-state index >= 15 is 0 Å². The van der Waals surface area contributed by atoms with Gasteiger partial charge in [0.05, 0.1) is 6.04 Å². The van der Waals surface area contributed by atoms with Crippen molar-refractivity contribution in [3.8, 4) is 5.75 Å². The van der Waals surface area contributed by atoms with Crippen molar-refractivity contribution in [1.29, 1.82) is 0 Å². The van der Waals surface area contributed by atoms with E-state index in [4.69, 9.17) is 5.73 Å². The fourth-order valence-electron chi connectivity index (χ4n) is 1.77. The third kappa shape index (κ3) is 4.61.